The maximum absolute atomic E-state index is 10.9. The van der Waals surface area contributed by atoms with E-state index in [2.05, 4.69) is 20.0 Å². The summed E-state index contributed by atoms with van der Waals surface area (Å²) in [5.41, 5.74) is 2.04. The summed E-state index contributed by atoms with van der Waals surface area (Å²) in [7, 11) is 1.32. The summed E-state index contributed by atoms with van der Waals surface area (Å²) >= 11 is 0. The molecule has 0 aliphatic heterocycles. The first kappa shape index (κ1) is 11.0. The van der Waals surface area contributed by atoms with Crippen LogP contribution in [0.25, 0.3) is 11.0 Å². The molecule has 1 heterocycles. The van der Waals surface area contributed by atoms with Gasteiger partial charge in [0.05, 0.1) is 29.8 Å². The first-order chi connectivity index (χ1) is 8.22. The van der Waals surface area contributed by atoms with Crippen LogP contribution in [0.3, 0.4) is 0 Å². The summed E-state index contributed by atoms with van der Waals surface area (Å²) in [6.07, 6.45) is 0. The van der Waals surface area contributed by atoms with Gasteiger partial charge < -0.3 is 15.0 Å². The number of fused-ring (bicyclic) bond motifs is 1. The van der Waals surface area contributed by atoms with Gasteiger partial charge in [-0.25, -0.2) is 4.98 Å². The quantitative estimate of drug-likeness (QED) is 0.768. The molecule has 0 saturated carbocycles. The van der Waals surface area contributed by atoms with E-state index in [4.69, 9.17) is 5.26 Å². The van der Waals surface area contributed by atoms with Gasteiger partial charge in [-0.05, 0) is 18.2 Å². The molecule has 2 N–H and O–H groups in total. The molecule has 2 rings (SSSR count). The van der Waals surface area contributed by atoms with Crippen molar-refractivity contribution in [1.82, 2.24) is 9.97 Å². The topological polar surface area (TPSA) is 90.8 Å². The minimum absolute atomic E-state index is 0.0431. The number of hydrogen-bond donors (Lipinski definition) is 2. The van der Waals surface area contributed by atoms with E-state index in [9.17, 15) is 4.79 Å². The number of rotatable bonds is 3. The van der Waals surface area contributed by atoms with E-state index in [0.717, 1.165) is 11.0 Å². The summed E-state index contributed by atoms with van der Waals surface area (Å²) in [4.78, 5) is 18.1. The third-order valence-corrected chi connectivity index (χ3v) is 2.24. The van der Waals surface area contributed by atoms with Crippen LogP contribution in [-0.4, -0.2) is 29.6 Å². The third-order valence-electron chi connectivity index (χ3n) is 2.24. The number of carbonyl (C=O) groups is 1. The van der Waals surface area contributed by atoms with Crippen LogP contribution in [0, 0.1) is 11.3 Å². The largest absolute Gasteiger partial charge is 0.468 e. The molecule has 0 amide bonds. The highest BCUT2D eigenvalue weighted by atomic mass is 16.5. The van der Waals surface area contributed by atoms with Gasteiger partial charge in [0.2, 0.25) is 5.95 Å². The Bertz CT molecular complexity index is 597. The SMILES string of the molecule is COC(=O)CNc1nc2ccc(C#N)cc2[nH]1. The molecule has 6 nitrogen and oxygen atoms in total. The molecule has 0 atom stereocenters. The number of benzene rings is 1. The first-order valence-corrected chi connectivity index (χ1v) is 4.93. The van der Waals surface area contributed by atoms with Crippen molar-refractivity contribution in [1.29, 1.82) is 5.26 Å². The van der Waals surface area contributed by atoms with E-state index >= 15 is 0 Å². The van der Waals surface area contributed by atoms with E-state index in [1.165, 1.54) is 7.11 Å². The van der Waals surface area contributed by atoms with E-state index in [1.54, 1.807) is 18.2 Å². The highest BCUT2D eigenvalue weighted by molar-refractivity contribution is 5.80. The standard InChI is InChI=1S/C11H10N4O2/c1-17-10(16)6-13-11-14-8-3-2-7(5-12)4-9(8)15-11/h2-4H,6H2,1H3,(H2,13,14,15). The van der Waals surface area contributed by atoms with Gasteiger partial charge in [-0.15, -0.1) is 0 Å². The number of hydrogen-bond acceptors (Lipinski definition) is 5. The maximum atomic E-state index is 10.9. The van der Waals surface area contributed by atoms with Crippen molar-refractivity contribution >= 4 is 23.0 Å². The number of aromatic amines is 1. The smallest absolute Gasteiger partial charge is 0.325 e. The molecular weight excluding hydrogens is 220 g/mol. The number of nitrogens with one attached hydrogen (secondary N) is 2. The Kier molecular flexibility index (Phi) is 2.92. The molecule has 0 unspecified atom stereocenters. The van der Waals surface area contributed by atoms with Crippen molar-refractivity contribution in [2.24, 2.45) is 0 Å². The highest BCUT2D eigenvalue weighted by Gasteiger charge is 2.05. The van der Waals surface area contributed by atoms with Crippen molar-refractivity contribution in [3.05, 3.63) is 23.8 Å². The maximum Gasteiger partial charge on any atom is 0.325 e. The fraction of sp³-hybridized carbons (Fsp3) is 0.182. The Labute approximate surface area is 97.2 Å². The van der Waals surface area contributed by atoms with Gasteiger partial charge in [-0.3, -0.25) is 4.79 Å². The molecule has 6 heteroatoms. The number of imidazole rings is 1. The minimum atomic E-state index is -0.372. The predicted molar refractivity (Wildman–Crippen MR) is 61.3 cm³/mol. The van der Waals surface area contributed by atoms with Crippen molar-refractivity contribution in [3.8, 4) is 6.07 Å². The van der Waals surface area contributed by atoms with Gasteiger partial charge in [0.1, 0.15) is 6.54 Å². The van der Waals surface area contributed by atoms with Crippen LogP contribution < -0.4 is 5.32 Å². The Hall–Kier alpha value is -2.55. The van der Waals surface area contributed by atoms with E-state index in [1.807, 2.05) is 6.07 Å². The average molecular weight is 230 g/mol. The van der Waals surface area contributed by atoms with Crippen LogP contribution in [0.2, 0.25) is 0 Å². The molecule has 0 aliphatic rings. The second-order valence-corrected chi connectivity index (χ2v) is 3.36. The van der Waals surface area contributed by atoms with Gasteiger partial charge in [0.15, 0.2) is 0 Å². The third kappa shape index (κ3) is 2.34. The zero-order valence-electron chi connectivity index (χ0n) is 9.15. The molecule has 2 aromatic rings. The monoisotopic (exact) mass is 230 g/mol. The lowest BCUT2D eigenvalue weighted by Crippen LogP contribution is -2.15. The number of aromatic nitrogens is 2. The van der Waals surface area contributed by atoms with Gasteiger partial charge in [0.25, 0.3) is 0 Å². The summed E-state index contributed by atoms with van der Waals surface area (Å²) in [6, 6.07) is 7.18. The summed E-state index contributed by atoms with van der Waals surface area (Å²) in [5.74, 6) is 0.101. The van der Waals surface area contributed by atoms with Crippen LogP contribution >= 0.6 is 0 Å². The van der Waals surface area contributed by atoms with E-state index in [-0.39, 0.29) is 12.5 Å². The van der Waals surface area contributed by atoms with Crippen molar-refractivity contribution in [3.63, 3.8) is 0 Å². The zero-order chi connectivity index (χ0) is 12.3. The molecule has 0 bridgehead atoms. The second kappa shape index (κ2) is 4.53. The molecule has 0 aliphatic carbocycles. The second-order valence-electron chi connectivity index (χ2n) is 3.36. The molecule has 17 heavy (non-hydrogen) atoms. The van der Waals surface area contributed by atoms with Crippen LogP contribution in [0.5, 0.6) is 0 Å². The Balaban J connectivity index is 2.20. The zero-order valence-corrected chi connectivity index (χ0v) is 9.15. The Morgan fingerprint density at radius 2 is 2.47 bits per heavy atom. The molecule has 0 fully saturated rings. The van der Waals surface area contributed by atoms with Crippen molar-refractivity contribution < 1.29 is 9.53 Å². The molecule has 0 spiro atoms. The molecule has 1 aromatic heterocycles. The number of esters is 1. The molecule has 1 aromatic carbocycles. The first-order valence-electron chi connectivity index (χ1n) is 4.93. The molecule has 86 valence electrons. The van der Waals surface area contributed by atoms with Gasteiger partial charge in [0, 0.05) is 0 Å². The number of ether oxygens (including phenoxy) is 1. The number of H-pyrrole nitrogens is 1. The van der Waals surface area contributed by atoms with Crippen molar-refractivity contribution in [2.75, 3.05) is 19.0 Å². The normalized spacial score (nSPS) is 9.88. The number of carbonyl (C=O) groups excluding carboxylic acids is 1. The number of nitriles is 1. The molecular formula is C11H10N4O2. The van der Waals surface area contributed by atoms with Crippen LogP contribution in [0.4, 0.5) is 5.95 Å². The van der Waals surface area contributed by atoms with E-state index < -0.39 is 0 Å². The fourth-order valence-electron chi connectivity index (χ4n) is 1.39. The lowest BCUT2D eigenvalue weighted by Gasteiger charge is -1.99. The van der Waals surface area contributed by atoms with Crippen LogP contribution in [0.1, 0.15) is 5.56 Å². The van der Waals surface area contributed by atoms with Crippen LogP contribution in [-0.2, 0) is 9.53 Å². The summed E-state index contributed by atoms with van der Waals surface area (Å²) in [5, 5.41) is 11.5. The number of methoxy groups -OCH3 is 1. The predicted octanol–water partition coefficient (Wildman–Crippen LogP) is 1.02. The van der Waals surface area contributed by atoms with Gasteiger partial charge in [-0.1, -0.05) is 0 Å². The number of nitrogens with zero attached hydrogens (tertiary/aromatic N) is 2. The van der Waals surface area contributed by atoms with Crippen molar-refractivity contribution in [2.45, 2.75) is 0 Å². The average Bonchev–Trinajstić information content (AvgIpc) is 2.77. The highest BCUT2D eigenvalue weighted by Crippen LogP contribution is 2.15. The summed E-state index contributed by atoms with van der Waals surface area (Å²) in [6.45, 7) is 0.0431. The minimum Gasteiger partial charge on any atom is -0.468 e. The van der Waals surface area contributed by atoms with Gasteiger partial charge >= 0.3 is 5.97 Å². The van der Waals surface area contributed by atoms with Gasteiger partial charge in [-0.2, -0.15) is 5.26 Å². The Morgan fingerprint density at radius 1 is 1.65 bits per heavy atom. The Morgan fingerprint density at radius 3 is 3.18 bits per heavy atom. The lowest BCUT2D eigenvalue weighted by molar-refractivity contribution is -0.138. The molecule has 0 saturated heterocycles. The fourth-order valence-corrected chi connectivity index (χ4v) is 1.39. The van der Waals surface area contributed by atoms with Crippen LogP contribution in [0.15, 0.2) is 18.2 Å². The molecule has 0 radical (unpaired) electrons. The lowest BCUT2D eigenvalue weighted by atomic mass is 10.2. The number of anilines is 1. The summed E-state index contributed by atoms with van der Waals surface area (Å²) < 4.78 is 4.50. The van der Waals surface area contributed by atoms with E-state index in [0.29, 0.717) is 11.5 Å².